The quantitative estimate of drug-likeness (QED) is 0.758. The van der Waals surface area contributed by atoms with Crippen LogP contribution in [0.15, 0.2) is 0 Å². The molecule has 2 saturated heterocycles. The van der Waals surface area contributed by atoms with Gasteiger partial charge in [0.25, 0.3) is 0 Å². The van der Waals surface area contributed by atoms with Crippen LogP contribution in [0, 0.1) is 10.8 Å². The maximum atomic E-state index is 12.6. The molecule has 0 bridgehead atoms. The molecule has 1 unspecified atom stereocenters. The van der Waals surface area contributed by atoms with Gasteiger partial charge in [0.15, 0.2) is 0 Å². The van der Waals surface area contributed by atoms with Crippen molar-refractivity contribution in [2.45, 2.75) is 46.5 Å². The Balaban J connectivity index is 1.96. The minimum absolute atomic E-state index is 0.153. The second-order valence-electron chi connectivity index (χ2n) is 6.80. The molecule has 1 amide bonds. The van der Waals surface area contributed by atoms with Crippen LogP contribution in [0.25, 0.3) is 0 Å². The van der Waals surface area contributed by atoms with Crippen molar-refractivity contribution in [2.75, 3.05) is 26.2 Å². The summed E-state index contributed by atoms with van der Waals surface area (Å²) < 4.78 is 0. The van der Waals surface area contributed by atoms with Crippen LogP contribution in [-0.2, 0) is 4.79 Å². The Morgan fingerprint density at radius 1 is 1.12 bits per heavy atom. The monoisotopic (exact) mass is 238 g/mol. The molecule has 3 nitrogen and oxygen atoms in total. The van der Waals surface area contributed by atoms with Crippen LogP contribution >= 0.6 is 0 Å². The Morgan fingerprint density at radius 2 is 1.76 bits per heavy atom. The van der Waals surface area contributed by atoms with Crippen LogP contribution in [0.5, 0.6) is 0 Å². The minimum Gasteiger partial charge on any atom is -0.342 e. The summed E-state index contributed by atoms with van der Waals surface area (Å²) in [5, 5.41) is 3.36. The number of hydrogen-bond donors (Lipinski definition) is 1. The molecule has 3 heteroatoms. The molecular formula is C14H26N2O. The van der Waals surface area contributed by atoms with Gasteiger partial charge in [-0.25, -0.2) is 0 Å². The lowest BCUT2D eigenvalue weighted by atomic mass is 9.78. The van der Waals surface area contributed by atoms with E-state index in [9.17, 15) is 4.79 Å². The zero-order valence-corrected chi connectivity index (χ0v) is 11.5. The van der Waals surface area contributed by atoms with Crippen LogP contribution in [0.1, 0.15) is 46.5 Å². The van der Waals surface area contributed by atoms with Crippen molar-refractivity contribution >= 4 is 5.91 Å². The summed E-state index contributed by atoms with van der Waals surface area (Å²) in [6, 6.07) is 0. The van der Waals surface area contributed by atoms with E-state index in [2.05, 4.69) is 31.0 Å². The fraction of sp³-hybridized carbons (Fsp3) is 0.929. The normalized spacial score (nSPS) is 33.5. The van der Waals surface area contributed by atoms with Crippen molar-refractivity contribution in [1.29, 1.82) is 0 Å². The van der Waals surface area contributed by atoms with Gasteiger partial charge in [0, 0.05) is 19.6 Å². The molecule has 0 spiro atoms. The smallest absolute Gasteiger partial charge is 0.229 e. The number of likely N-dealkylation sites (tertiary alicyclic amines) is 1. The third-order valence-electron chi connectivity index (χ3n) is 4.52. The molecule has 1 N–H and O–H groups in total. The molecule has 2 rings (SSSR count). The van der Waals surface area contributed by atoms with Gasteiger partial charge in [0.05, 0.1) is 5.41 Å². The number of hydrogen-bond acceptors (Lipinski definition) is 2. The summed E-state index contributed by atoms with van der Waals surface area (Å²) in [4.78, 5) is 14.7. The van der Waals surface area contributed by atoms with Gasteiger partial charge < -0.3 is 10.2 Å². The molecule has 1 atom stereocenters. The molecule has 0 aromatic rings. The number of amides is 1. The van der Waals surface area contributed by atoms with Gasteiger partial charge in [-0.15, -0.1) is 0 Å². The second-order valence-corrected chi connectivity index (χ2v) is 6.80. The summed E-state index contributed by atoms with van der Waals surface area (Å²) in [5.74, 6) is 0.375. The van der Waals surface area contributed by atoms with Gasteiger partial charge in [-0.2, -0.15) is 0 Å². The number of piperidine rings is 2. The van der Waals surface area contributed by atoms with E-state index in [0.717, 1.165) is 51.9 Å². The van der Waals surface area contributed by atoms with E-state index in [-0.39, 0.29) is 5.41 Å². The third-order valence-corrected chi connectivity index (χ3v) is 4.52. The van der Waals surface area contributed by atoms with E-state index in [1.165, 1.54) is 0 Å². The highest BCUT2D eigenvalue weighted by atomic mass is 16.2. The second kappa shape index (κ2) is 4.60. The van der Waals surface area contributed by atoms with Crippen molar-refractivity contribution in [1.82, 2.24) is 10.2 Å². The van der Waals surface area contributed by atoms with Crippen molar-refractivity contribution < 1.29 is 4.79 Å². The fourth-order valence-corrected chi connectivity index (χ4v) is 2.94. The Bertz CT molecular complexity index is 283. The van der Waals surface area contributed by atoms with Gasteiger partial charge in [-0.05, 0) is 44.6 Å². The maximum absolute atomic E-state index is 12.6. The molecule has 2 aliphatic rings. The first kappa shape index (κ1) is 12.9. The highest BCUT2D eigenvalue weighted by molar-refractivity contribution is 5.82. The average molecular weight is 238 g/mol. The Labute approximate surface area is 105 Å². The Kier molecular flexibility index (Phi) is 3.48. The predicted molar refractivity (Wildman–Crippen MR) is 69.8 cm³/mol. The van der Waals surface area contributed by atoms with Crippen LogP contribution < -0.4 is 5.32 Å². The van der Waals surface area contributed by atoms with Crippen LogP contribution in [0.3, 0.4) is 0 Å². The zero-order valence-electron chi connectivity index (χ0n) is 11.5. The van der Waals surface area contributed by atoms with E-state index >= 15 is 0 Å². The molecule has 0 radical (unpaired) electrons. The first-order valence-corrected chi connectivity index (χ1v) is 6.93. The fourth-order valence-electron chi connectivity index (χ4n) is 2.94. The summed E-state index contributed by atoms with van der Waals surface area (Å²) >= 11 is 0. The summed E-state index contributed by atoms with van der Waals surface area (Å²) in [6.45, 7) is 10.5. The van der Waals surface area contributed by atoms with Gasteiger partial charge in [-0.1, -0.05) is 13.8 Å². The lowest BCUT2D eigenvalue weighted by Gasteiger charge is -2.42. The summed E-state index contributed by atoms with van der Waals surface area (Å²) in [7, 11) is 0. The van der Waals surface area contributed by atoms with E-state index in [0.29, 0.717) is 11.3 Å². The molecule has 2 aliphatic heterocycles. The first-order valence-electron chi connectivity index (χ1n) is 6.93. The molecule has 0 aromatic carbocycles. The Morgan fingerprint density at radius 3 is 2.29 bits per heavy atom. The summed E-state index contributed by atoms with van der Waals surface area (Å²) in [6.07, 6.45) is 4.45. The SMILES string of the molecule is CC1(C)CCN(C(=O)C2(C)CCCNC2)CC1. The van der Waals surface area contributed by atoms with Gasteiger partial charge in [-0.3, -0.25) is 4.79 Å². The Hall–Kier alpha value is -0.570. The largest absolute Gasteiger partial charge is 0.342 e. The number of carbonyl (C=O) groups excluding carboxylic acids is 1. The molecule has 17 heavy (non-hydrogen) atoms. The molecule has 0 saturated carbocycles. The zero-order chi connectivity index (χ0) is 12.5. The predicted octanol–water partition coefficient (Wildman–Crippen LogP) is 2.02. The van der Waals surface area contributed by atoms with Gasteiger partial charge in [0.2, 0.25) is 5.91 Å². The summed E-state index contributed by atoms with van der Waals surface area (Å²) in [5.41, 5.74) is 0.266. The van der Waals surface area contributed by atoms with Crippen LogP contribution in [0.4, 0.5) is 0 Å². The van der Waals surface area contributed by atoms with Crippen LogP contribution in [-0.4, -0.2) is 37.0 Å². The molecule has 98 valence electrons. The lowest BCUT2D eigenvalue weighted by molar-refractivity contribution is -0.144. The van der Waals surface area contributed by atoms with E-state index in [4.69, 9.17) is 0 Å². The topological polar surface area (TPSA) is 32.3 Å². The van der Waals surface area contributed by atoms with Gasteiger partial charge >= 0.3 is 0 Å². The van der Waals surface area contributed by atoms with Gasteiger partial charge in [0.1, 0.15) is 0 Å². The van der Waals surface area contributed by atoms with Crippen molar-refractivity contribution in [3.63, 3.8) is 0 Å². The highest BCUT2D eigenvalue weighted by Gasteiger charge is 2.39. The molecule has 0 aromatic heterocycles. The molecule has 2 fully saturated rings. The number of nitrogens with zero attached hydrogens (tertiary/aromatic N) is 1. The van der Waals surface area contributed by atoms with Crippen molar-refractivity contribution in [3.8, 4) is 0 Å². The van der Waals surface area contributed by atoms with E-state index in [1.807, 2.05) is 0 Å². The maximum Gasteiger partial charge on any atom is 0.229 e. The van der Waals surface area contributed by atoms with Crippen LogP contribution in [0.2, 0.25) is 0 Å². The third kappa shape index (κ3) is 2.82. The standard InChI is InChI=1S/C14H26N2O/c1-13(2)6-9-16(10-7-13)12(17)14(3)5-4-8-15-11-14/h15H,4-11H2,1-3H3. The lowest BCUT2D eigenvalue weighted by Crippen LogP contribution is -2.52. The van der Waals surface area contributed by atoms with E-state index < -0.39 is 0 Å². The van der Waals surface area contributed by atoms with Crippen molar-refractivity contribution in [2.24, 2.45) is 10.8 Å². The van der Waals surface area contributed by atoms with Crippen molar-refractivity contribution in [3.05, 3.63) is 0 Å². The minimum atomic E-state index is -0.153. The number of rotatable bonds is 1. The molecular weight excluding hydrogens is 212 g/mol. The number of carbonyl (C=O) groups is 1. The number of nitrogens with one attached hydrogen (secondary N) is 1. The molecule has 0 aliphatic carbocycles. The van der Waals surface area contributed by atoms with E-state index in [1.54, 1.807) is 0 Å². The average Bonchev–Trinajstić information content (AvgIpc) is 2.29. The first-order chi connectivity index (χ1) is 7.93. The molecule has 2 heterocycles. The highest BCUT2D eigenvalue weighted by Crippen LogP contribution is 2.34.